The molecule has 0 aliphatic heterocycles. The summed E-state index contributed by atoms with van der Waals surface area (Å²) in [7, 11) is 0. The fraction of sp³-hybridized carbons (Fsp3) is 0.235. The molecule has 0 aliphatic rings. The molecule has 0 bridgehead atoms. The number of aryl methyl sites for hydroxylation is 1. The minimum absolute atomic E-state index is 0.112. The van der Waals surface area contributed by atoms with E-state index >= 15 is 0 Å². The topological polar surface area (TPSA) is 40.5 Å². The van der Waals surface area contributed by atoms with Crippen molar-refractivity contribution < 1.29 is 14.3 Å². The van der Waals surface area contributed by atoms with Crippen LogP contribution in [-0.4, -0.2) is 29.1 Å². The predicted molar refractivity (Wildman–Crippen MR) is 79.4 cm³/mol. The molecule has 0 unspecified atom stereocenters. The van der Waals surface area contributed by atoms with Crippen molar-refractivity contribution >= 4 is 5.91 Å². The van der Waals surface area contributed by atoms with E-state index in [1.54, 1.807) is 11.8 Å². The molecule has 0 aromatic heterocycles. The Morgan fingerprint density at radius 1 is 1.19 bits per heavy atom. The Balaban J connectivity index is 2.23. The summed E-state index contributed by atoms with van der Waals surface area (Å²) in [4.78, 5) is 14.1. The van der Waals surface area contributed by atoms with E-state index in [2.05, 4.69) is 0 Å². The number of hydrogen-bond donors (Lipinski definition) is 1. The van der Waals surface area contributed by atoms with Gasteiger partial charge in [0.05, 0.1) is 6.61 Å². The Morgan fingerprint density at radius 3 is 2.52 bits per heavy atom. The van der Waals surface area contributed by atoms with Gasteiger partial charge in [0.1, 0.15) is 5.82 Å². The average molecular weight is 287 g/mol. The molecule has 0 saturated carbocycles. The van der Waals surface area contributed by atoms with Gasteiger partial charge in [0, 0.05) is 18.7 Å². The van der Waals surface area contributed by atoms with Gasteiger partial charge in [-0.3, -0.25) is 4.79 Å². The molecule has 0 fully saturated rings. The van der Waals surface area contributed by atoms with Gasteiger partial charge in [-0.1, -0.05) is 30.3 Å². The number of halogens is 1. The first kappa shape index (κ1) is 15.2. The Bertz CT molecular complexity index is 613. The van der Waals surface area contributed by atoms with Gasteiger partial charge in [-0.05, 0) is 36.2 Å². The van der Waals surface area contributed by atoms with E-state index in [0.29, 0.717) is 17.7 Å². The van der Waals surface area contributed by atoms with Crippen LogP contribution >= 0.6 is 0 Å². The van der Waals surface area contributed by atoms with Gasteiger partial charge < -0.3 is 10.0 Å². The van der Waals surface area contributed by atoms with E-state index in [0.717, 1.165) is 5.56 Å². The van der Waals surface area contributed by atoms with Gasteiger partial charge in [0.25, 0.3) is 5.91 Å². The second-order valence-electron chi connectivity index (χ2n) is 4.90. The molecular formula is C17H18FNO2. The van der Waals surface area contributed by atoms with Gasteiger partial charge in [0.15, 0.2) is 0 Å². The van der Waals surface area contributed by atoms with Crippen LogP contribution in [0.25, 0.3) is 0 Å². The molecule has 2 aromatic rings. The lowest BCUT2D eigenvalue weighted by Crippen LogP contribution is -2.33. The van der Waals surface area contributed by atoms with Crippen LogP contribution in [0.3, 0.4) is 0 Å². The first-order valence-corrected chi connectivity index (χ1v) is 6.82. The molecule has 1 amide bonds. The first-order chi connectivity index (χ1) is 10.1. The maximum Gasteiger partial charge on any atom is 0.254 e. The molecule has 0 atom stereocenters. The van der Waals surface area contributed by atoms with Crippen molar-refractivity contribution in [3.63, 3.8) is 0 Å². The average Bonchev–Trinajstić information content (AvgIpc) is 2.47. The molecule has 110 valence electrons. The first-order valence-electron chi connectivity index (χ1n) is 6.82. The quantitative estimate of drug-likeness (QED) is 0.918. The third-order valence-corrected chi connectivity index (χ3v) is 3.29. The molecule has 0 aliphatic carbocycles. The second-order valence-corrected chi connectivity index (χ2v) is 4.90. The van der Waals surface area contributed by atoms with Crippen molar-refractivity contribution in [1.29, 1.82) is 0 Å². The number of nitrogens with zero attached hydrogens (tertiary/aromatic N) is 1. The molecule has 1 N–H and O–H groups in total. The zero-order chi connectivity index (χ0) is 15.2. The third-order valence-electron chi connectivity index (χ3n) is 3.29. The standard InChI is InChI=1S/C17H18FNO2/c1-13-11-15(18)7-8-16(13)17(21)19(9-10-20)12-14-5-3-2-4-6-14/h2-8,11,20H,9-10,12H2,1H3. The van der Waals surface area contributed by atoms with Crippen LogP contribution in [0.2, 0.25) is 0 Å². The zero-order valence-corrected chi connectivity index (χ0v) is 11.9. The lowest BCUT2D eigenvalue weighted by molar-refractivity contribution is 0.0707. The molecule has 4 heteroatoms. The van der Waals surface area contributed by atoms with E-state index in [4.69, 9.17) is 0 Å². The van der Waals surface area contributed by atoms with Gasteiger partial charge in [-0.25, -0.2) is 4.39 Å². The van der Waals surface area contributed by atoms with Crippen LogP contribution < -0.4 is 0 Å². The predicted octanol–water partition coefficient (Wildman–Crippen LogP) is 2.77. The number of carbonyl (C=O) groups excluding carboxylic acids is 1. The van der Waals surface area contributed by atoms with Crippen LogP contribution in [0.1, 0.15) is 21.5 Å². The van der Waals surface area contributed by atoms with Crippen LogP contribution in [0, 0.1) is 12.7 Å². The summed E-state index contributed by atoms with van der Waals surface area (Å²) in [6.07, 6.45) is 0. The summed E-state index contributed by atoms with van der Waals surface area (Å²) in [6.45, 7) is 2.25. The molecule has 3 nitrogen and oxygen atoms in total. The van der Waals surface area contributed by atoms with Gasteiger partial charge in [0.2, 0.25) is 0 Å². The Labute approximate surface area is 123 Å². The number of amides is 1. The van der Waals surface area contributed by atoms with Crippen molar-refractivity contribution in [3.05, 3.63) is 71.0 Å². The Kier molecular flexibility index (Phi) is 5.06. The SMILES string of the molecule is Cc1cc(F)ccc1C(=O)N(CCO)Cc1ccccc1. The van der Waals surface area contributed by atoms with Crippen molar-refractivity contribution in [2.75, 3.05) is 13.2 Å². The van der Waals surface area contributed by atoms with Crippen LogP contribution in [0.5, 0.6) is 0 Å². The molecule has 21 heavy (non-hydrogen) atoms. The van der Waals surface area contributed by atoms with Crippen LogP contribution in [0.15, 0.2) is 48.5 Å². The summed E-state index contributed by atoms with van der Waals surface area (Å²) in [6, 6.07) is 13.7. The Hall–Kier alpha value is -2.20. The van der Waals surface area contributed by atoms with E-state index < -0.39 is 0 Å². The van der Waals surface area contributed by atoms with E-state index in [-0.39, 0.29) is 24.9 Å². The summed E-state index contributed by atoms with van der Waals surface area (Å²) >= 11 is 0. The molecular weight excluding hydrogens is 269 g/mol. The molecule has 0 saturated heterocycles. The molecule has 0 spiro atoms. The zero-order valence-electron chi connectivity index (χ0n) is 11.9. The van der Waals surface area contributed by atoms with Crippen molar-refractivity contribution in [3.8, 4) is 0 Å². The van der Waals surface area contributed by atoms with E-state index in [1.807, 2.05) is 30.3 Å². The fourth-order valence-corrected chi connectivity index (χ4v) is 2.21. The maximum absolute atomic E-state index is 13.1. The van der Waals surface area contributed by atoms with Crippen molar-refractivity contribution in [1.82, 2.24) is 4.90 Å². The van der Waals surface area contributed by atoms with Crippen molar-refractivity contribution in [2.45, 2.75) is 13.5 Å². The number of aliphatic hydroxyl groups is 1. The molecule has 0 radical (unpaired) electrons. The summed E-state index contributed by atoms with van der Waals surface area (Å²) < 4.78 is 13.1. The monoisotopic (exact) mass is 287 g/mol. The maximum atomic E-state index is 13.1. The molecule has 0 heterocycles. The highest BCUT2D eigenvalue weighted by Gasteiger charge is 2.17. The lowest BCUT2D eigenvalue weighted by Gasteiger charge is -2.23. The van der Waals surface area contributed by atoms with Gasteiger partial charge >= 0.3 is 0 Å². The Morgan fingerprint density at radius 2 is 1.90 bits per heavy atom. The van der Waals surface area contributed by atoms with E-state index in [9.17, 15) is 14.3 Å². The number of hydrogen-bond acceptors (Lipinski definition) is 2. The third kappa shape index (κ3) is 3.89. The second kappa shape index (κ2) is 6.99. The largest absolute Gasteiger partial charge is 0.395 e. The van der Waals surface area contributed by atoms with Crippen LogP contribution in [-0.2, 0) is 6.54 Å². The number of rotatable bonds is 5. The number of benzene rings is 2. The highest BCUT2D eigenvalue weighted by Crippen LogP contribution is 2.15. The smallest absolute Gasteiger partial charge is 0.254 e. The lowest BCUT2D eigenvalue weighted by atomic mass is 10.1. The van der Waals surface area contributed by atoms with E-state index in [1.165, 1.54) is 18.2 Å². The summed E-state index contributed by atoms with van der Waals surface area (Å²) in [5.41, 5.74) is 2.04. The minimum Gasteiger partial charge on any atom is -0.395 e. The highest BCUT2D eigenvalue weighted by atomic mass is 19.1. The molecule has 2 aromatic carbocycles. The molecule has 2 rings (SSSR count). The van der Waals surface area contributed by atoms with Gasteiger partial charge in [-0.15, -0.1) is 0 Å². The summed E-state index contributed by atoms with van der Waals surface area (Å²) in [5.74, 6) is -0.564. The number of aliphatic hydroxyl groups excluding tert-OH is 1. The van der Waals surface area contributed by atoms with Crippen LogP contribution in [0.4, 0.5) is 4.39 Å². The fourth-order valence-electron chi connectivity index (χ4n) is 2.21. The normalized spacial score (nSPS) is 10.4. The summed E-state index contributed by atoms with van der Waals surface area (Å²) in [5, 5.41) is 9.17. The van der Waals surface area contributed by atoms with Gasteiger partial charge in [-0.2, -0.15) is 0 Å². The minimum atomic E-state index is -0.360. The number of carbonyl (C=O) groups is 1. The van der Waals surface area contributed by atoms with Crippen molar-refractivity contribution in [2.24, 2.45) is 0 Å². The highest BCUT2D eigenvalue weighted by molar-refractivity contribution is 5.95.